The Morgan fingerprint density at radius 2 is 1.40 bits per heavy atom. The van der Waals surface area contributed by atoms with Crippen LogP contribution in [0.4, 0.5) is 0 Å². The number of methoxy groups -OCH3 is 1. The highest BCUT2D eigenvalue weighted by Gasteiger charge is 2.01. The van der Waals surface area contributed by atoms with Crippen LogP contribution >= 0.6 is 0 Å². The minimum Gasteiger partial charge on any atom is -0.466 e. The highest BCUT2D eigenvalue weighted by Crippen LogP contribution is 2.08. The predicted octanol–water partition coefficient (Wildman–Crippen LogP) is 6.38. The lowest BCUT2D eigenvalue weighted by molar-refractivity contribution is -0.144. The second-order valence-corrected chi connectivity index (χ2v) is 6.55. The van der Waals surface area contributed by atoms with E-state index in [2.05, 4.69) is 31.2 Å². The summed E-state index contributed by atoms with van der Waals surface area (Å²) in [5.74, 6) is -0.0678. The summed E-state index contributed by atoms with van der Waals surface area (Å²) in [5, 5.41) is 0. The molecule has 3 nitrogen and oxygen atoms in total. The standard InChI is InChI=1S/C22H40O3/c1-3-4-5-6-7-8-9-10-11-12-13-14-15-16-17-19-22(23)25-21-18-20-24-2/h7-8,10-11H,3-6,9,12-21H2,1-2H3. The van der Waals surface area contributed by atoms with E-state index in [4.69, 9.17) is 9.47 Å². The molecule has 0 amide bonds. The Bertz CT molecular complexity index is 334. The molecular formula is C22H40O3. The molecule has 0 aliphatic rings. The molecule has 0 aromatic rings. The second kappa shape index (κ2) is 21.0. The van der Waals surface area contributed by atoms with Gasteiger partial charge in [-0.25, -0.2) is 0 Å². The molecule has 25 heavy (non-hydrogen) atoms. The Labute approximate surface area is 155 Å². The van der Waals surface area contributed by atoms with Crippen molar-refractivity contribution in [1.82, 2.24) is 0 Å². The third-order valence-corrected chi connectivity index (χ3v) is 4.09. The quantitative estimate of drug-likeness (QED) is 0.163. The molecule has 146 valence electrons. The fourth-order valence-electron chi connectivity index (χ4n) is 2.54. The van der Waals surface area contributed by atoms with E-state index in [0.717, 1.165) is 25.7 Å². The Morgan fingerprint density at radius 1 is 0.760 bits per heavy atom. The summed E-state index contributed by atoms with van der Waals surface area (Å²) in [7, 11) is 1.66. The number of ether oxygens (including phenoxy) is 2. The van der Waals surface area contributed by atoms with Crippen molar-refractivity contribution in [3.8, 4) is 0 Å². The molecule has 0 saturated heterocycles. The Hall–Kier alpha value is -1.09. The van der Waals surface area contributed by atoms with Crippen LogP contribution in [0.25, 0.3) is 0 Å². The van der Waals surface area contributed by atoms with Crippen molar-refractivity contribution in [3.63, 3.8) is 0 Å². The van der Waals surface area contributed by atoms with E-state index in [0.29, 0.717) is 19.6 Å². The lowest BCUT2D eigenvalue weighted by Gasteiger charge is -2.04. The molecule has 3 heteroatoms. The summed E-state index contributed by atoms with van der Waals surface area (Å²) < 4.78 is 10.0. The number of hydrogen-bond acceptors (Lipinski definition) is 3. The van der Waals surface area contributed by atoms with E-state index in [1.165, 1.54) is 51.4 Å². The third kappa shape index (κ3) is 20.9. The van der Waals surface area contributed by atoms with E-state index in [1.54, 1.807) is 7.11 Å². The van der Waals surface area contributed by atoms with E-state index < -0.39 is 0 Å². The molecule has 0 N–H and O–H groups in total. The van der Waals surface area contributed by atoms with Gasteiger partial charge in [0.05, 0.1) is 6.61 Å². The van der Waals surface area contributed by atoms with Gasteiger partial charge in [0.25, 0.3) is 0 Å². The summed E-state index contributed by atoms with van der Waals surface area (Å²) in [5.41, 5.74) is 0. The van der Waals surface area contributed by atoms with Gasteiger partial charge in [0.2, 0.25) is 0 Å². The topological polar surface area (TPSA) is 35.5 Å². The highest BCUT2D eigenvalue weighted by atomic mass is 16.5. The van der Waals surface area contributed by atoms with Crippen molar-refractivity contribution < 1.29 is 14.3 Å². The Morgan fingerprint density at radius 3 is 2.08 bits per heavy atom. The van der Waals surface area contributed by atoms with Gasteiger partial charge in [-0.2, -0.15) is 0 Å². The van der Waals surface area contributed by atoms with Gasteiger partial charge in [0.1, 0.15) is 0 Å². The number of carbonyl (C=O) groups is 1. The highest BCUT2D eigenvalue weighted by molar-refractivity contribution is 5.69. The second-order valence-electron chi connectivity index (χ2n) is 6.55. The van der Waals surface area contributed by atoms with Gasteiger partial charge in [-0.3, -0.25) is 4.79 Å². The maximum atomic E-state index is 11.5. The maximum absolute atomic E-state index is 11.5. The summed E-state index contributed by atoms with van der Waals surface area (Å²) >= 11 is 0. The molecule has 0 spiro atoms. The molecule has 0 bridgehead atoms. The first-order chi connectivity index (χ1) is 12.3. The molecule has 0 atom stereocenters. The zero-order valence-electron chi connectivity index (χ0n) is 16.6. The summed E-state index contributed by atoms with van der Waals surface area (Å²) in [6, 6.07) is 0. The summed E-state index contributed by atoms with van der Waals surface area (Å²) in [4.78, 5) is 11.5. The molecule has 0 rings (SSSR count). The lowest BCUT2D eigenvalue weighted by atomic mass is 10.1. The van der Waals surface area contributed by atoms with Crippen molar-refractivity contribution >= 4 is 5.97 Å². The van der Waals surface area contributed by atoms with E-state index in [9.17, 15) is 4.79 Å². The number of hydrogen-bond donors (Lipinski definition) is 0. The van der Waals surface area contributed by atoms with Crippen LogP contribution in [0, 0.1) is 0 Å². The van der Waals surface area contributed by atoms with Crippen LogP contribution in [0.5, 0.6) is 0 Å². The van der Waals surface area contributed by atoms with Gasteiger partial charge in [-0.05, 0) is 38.5 Å². The number of unbranched alkanes of at least 4 members (excludes halogenated alkanes) is 8. The van der Waals surface area contributed by atoms with Crippen molar-refractivity contribution in [2.45, 2.75) is 90.4 Å². The maximum Gasteiger partial charge on any atom is 0.305 e. The SMILES string of the molecule is CCCCCC=CCC=CCCCCCCCC(=O)OCCCOC. The first-order valence-electron chi connectivity index (χ1n) is 10.3. The van der Waals surface area contributed by atoms with Crippen LogP contribution in [-0.2, 0) is 14.3 Å². The minimum atomic E-state index is -0.0678. The van der Waals surface area contributed by atoms with Crippen molar-refractivity contribution in [3.05, 3.63) is 24.3 Å². The normalized spacial score (nSPS) is 11.6. The molecule has 0 unspecified atom stereocenters. The average Bonchev–Trinajstić information content (AvgIpc) is 2.62. The zero-order chi connectivity index (χ0) is 18.4. The molecule has 0 aromatic carbocycles. The first-order valence-corrected chi connectivity index (χ1v) is 10.3. The van der Waals surface area contributed by atoms with E-state index in [-0.39, 0.29) is 5.97 Å². The van der Waals surface area contributed by atoms with Crippen LogP contribution in [0.3, 0.4) is 0 Å². The fourth-order valence-corrected chi connectivity index (χ4v) is 2.54. The molecule has 0 heterocycles. The van der Waals surface area contributed by atoms with Gasteiger partial charge in [-0.1, -0.05) is 63.3 Å². The van der Waals surface area contributed by atoms with Crippen LogP contribution in [-0.4, -0.2) is 26.3 Å². The van der Waals surface area contributed by atoms with Gasteiger partial charge < -0.3 is 9.47 Å². The van der Waals surface area contributed by atoms with Gasteiger partial charge in [0.15, 0.2) is 0 Å². The molecule has 0 fully saturated rings. The first kappa shape index (κ1) is 23.9. The van der Waals surface area contributed by atoms with Gasteiger partial charge >= 0.3 is 5.97 Å². The van der Waals surface area contributed by atoms with Gasteiger partial charge in [0, 0.05) is 26.6 Å². The fraction of sp³-hybridized carbons (Fsp3) is 0.773. The molecule has 0 saturated carbocycles. The minimum absolute atomic E-state index is 0.0678. The number of esters is 1. The van der Waals surface area contributed by atoms with Gasteiger partial charge in [-0.15, -0.1) is 0 Å². The number of rotatable bonds is 18. The summed E-state index contributed by atoms with van der Waals surface area (Å²) in [6.45, 7) is 3.37. The number of carbonyl (C=O) groups excluding carboxylic acids is 1. The van der Waals surface area contributed by atoms with Crippen LogP contribution in [0.15, 0.2) is 24.3 Å². The monoisotopic (exact) mass is 352 g/mol. The van der Waals surface area contributed by atoms with Crippen molar-refractivity contribution in [2.24, 2.45) is 0 Å². The van der Waals surface area contributed by atoms with Crippen molar-refractivity contribution in [1.29, 1.82) is 0 Å². The van der Waals surface area contributed by atoms with Crippen LogP contribution < -0.4 is 0 Å². The third-order valence-electron chi connectivity index (χ3n) is 4.09. The number of allylic oxidation sites excluding steroid dienone is 4. The predicted molar refractivity (Wildman–Crippen MR) is 107 cm³/mol. The van der Waals surface area contributed by atoms with Crippen molar-refractivity contribution in [2.75, 3.05) is 20.3 Å². The van der Waals surface area contributed by atoms with Crippen LogP contribution in [0.1, 0.15) is 90.4 Å². The molecular weight excluding hydrogens is 312 g/mol. The molecule has 0 radical (unpaired) electrons. The lowest BCUT2D eigenvalue weighted by Crippen LogP contribution is -2.07. The van der Waals surface area contributed by atoms with Crippen LogP contribution in [0.2, 0.25) is 0 Å². The molecule has 0 aliphatic carbocycles. The molecule has 0 aliphatic heterocycles. The zero-order valence-corrected chi connectivity index (χ0v) is 16.6. The largest absolute Gasteiger partial charge is 0.466 e. The molecule has 0 aromatic heterocycles. The van der Waals surface area contributed by atoms with E-state index in [1.807, 2.05) is 0 Å². The summed E-state index contributed by atoms with van der Waals surface area (Å²) in [6.07, 6.45) is 23.7. The Kier molecular flexibility index (Phi) is 20.0. The average molecular weight is 353 g/mol. The Balaban J connectivity index is 3.25. The smallest absolute Gasteiger partial charge is 0.305 e. The van der Waals surface area contributed by atoms with E-state index >= 15 is 0 Å².